The van der Waals surface area contributed by atoms with Gasteiger partial charge in [0.25, 0.3) is 0 Å². The molecule has 0 bridgehead atoms. The second kappa shape index (κ2) is 4.14. The van der Waals surface area contributed by atoms with Crippen LogP contribution >= 0.6 is 0 Å². The maximum absolute atomic E-state index is 13.9. The number of benzene rings is 1. The average molecular weight is 221 g/mol. The Morgan fingerprint density at radius 1 is 1.50 bits per heavy atom. The van der Waals surface area contributed by atoms with Gasteiger partial charge in [0.05, 0.1) is 24.4 Å². The predicted octanol–water partition coefficient (Wildman–Crippen LogP) is 2.27. The van der Waals surface area contributed by atoms with E-state index in [0.29, 0.717) is 0 Å². The largest absolute Gasteiger partial charge is 0.465 e. The summed E-state index contributed by atoms with van der Waals surface area (Å²) in [4.78, 5) is 14.9. The van der Waals surface area contributed by atoms with Crippen molar-refractivity contribution in [3.8, 4) is 11.3 Å². The summed E-state index contributed by atoms with van der Waals surface area (Å²) in [5.41, 5.74) is 0.0526. The molecular formula is C11H8FNO3. The van der Waals surface area contributed by atoms with Crippen LogP contribution < -0.4 is 0 Å². The lowest BCUT2D eigenvalue weighted by molar-refractivity contribution is 0.0595. The van der Waals surface area contributed by atoms with Gasteiger partial charge in [0.15, 0.2) is 12.2 Å². The van der Waals surface area contributed by atoms with Crippen LogP contribution in [0.5, 0.6) is 0 Å². The molecule has 0 aliphatic carbocycles. The molecule has 1 aromatic heterocycles. The third kappa shape index (κ3) is 1.67. The molecule has 0 saturated heterocycles. The fourth-order valence-corrected chi connectivity index (χ4v) is 1.34. The van der Waals surface area contributed by atoms with Crippen LogP contribution in [0.4, 0.5) is 4.39 Å². The van der Waals surface area contributed by atoms with Gasteiger partial charge < -0.3 is 9.15 Å². The molecule has 0 saturated carbocycles. The quantitative estimate of drug-likeness (QED) is 0.730. The van der Waals surface area contributed by atoms with Gasteiger partial charge in [-0.1, -0.05) is 6.07 Å². The van der Waals surface area contributed by atoms with Crippen LogP contribution in [0.1, 0.15) is 10.4 Å². The highest BCUT2D eigenvalue weighted by molar-refractivity contribution is 5.91. The van der Waals surface area contributed by atoms with Gasteiger partial charge in [-0.15, -0.1) is 0 Å². The van der Waals surface area contributed by atoms with Crippen LogP contribution in [0.25, 0.3) is 11.3 Å². The number of esters is 1. The summed E-state index contributed by atoms with van der Waals surface area (Å²) in [6.45, 7) is 0. The van der Waals surface area contributed by atoms with Gasteiger partial charge in [-0.2, -0.15) is 0 Å². The number of nitrogens with zero attached hydrogens (tertiary/aromatic N) is 1. The molecule has 0 N–H and O–H groups in total. The minimum Gasteiger partial charge on any atom is -0.465 e. The zero-order chi connectivity index (χ0) is 11.5. The molecule has 1 aromatic carbocycles. The number of methoxy groups -OCH3 is 1. The number of aromatic nitrogens is 1. The van der Waals surface area contributed by atoms with Gasteiger partial charge >= 0.3 is 5.97 Å². The van der Waals surface area contributed by atoms with E-state index in [1.54, 1.807) is 6.07 Å². The first-order valence-corrected chi connectivity index (χ1v) is 4.49. The fourth-order valence-electron chi connectivity index (χ4n) is 1.34. The second-order valence-corrected chi connectivity index (χ2v) is 3.02. The molecule has 16 heavy (non-hydrogen) atoms. The maximum atomic E-state index is 13.9. The van der Waals surface area contributed by atoms with Gasteiger partial charge in [-0.25, -0.2) is 14.2 Å². The number of carbonyl (C=O) groups excluding carboxylic acids is 1. The number of hydrogen-bond acceptors (Lipinski definition) is 4. The van der Waals surface area contributed by atoms with Crippen molar-refractivity contribution in [1.29, 1.82) is 0 Å². The highest BCUT2D eigenvalue weighted by atomic mass is 19.1. The van der Waals surface area contributed by atoms with Gasteiger partial charge in [0, 0.05) is 0 Å². The van der Waals surface area contributed by atoms with E-state index in [1.165, 1.54) is 31.8 Å². The van der Waals surface area contributed by atoms with Gasteiger partial charge in [-0.05, 0) is 12.1 Å². The number of oxazole rings is 1. The molecule has 2 rings (SSSR count). The second-order valence-electron chi connectivity index (χ2n) is 3.02. The molecule has 82 valence electrons. The normalized spacial score (nSPS) is 10.1. The fraction of sp³-hybridized carbons (Fsp3) is 0.0909. The zero-order valence-electron chi connectivity index (χ0n) is 8.44. The molecule has 4 nitrogen and oxygen atoms in total. The van der Waals surface area contributed by atoms with Crippen LogP contribution in [0.15, 0.2) is 35.2 Å². The number of halogens is 1. The SMILES string of the molecule is COC(=O)c1cccc(-c2cnco2)c1F. The number of carbonyl (C=O) groups is 1. The van der Waals surface area contributed by atoms with E-state index >= 15 is 0 Å². The first-order chi connectivity index (χ1) is 7.74. The topological polar surface area (TPSA) is 52.3 Å². The van der Waals surface area contributed by atoms with Gasteiger partial charge in [0.2, 0.25) is 0 Å². The highest BCUT2D eigenvalue weighted by Crippen LogP contribution is 2.24. The molecule has 1 heterocycles. The first kappa shape index (κ1) is 10.4. The Hall–Kier alpha value is -2.17. The maximum Gasteiger partial charge on any atom is 0.340 e. The van der Waals surface area contributed by atoms with Crippen molar-refractivity contribution in [2.24, 2.45) is 0 Å². The molecule has 0 amide bonds. The van der Waals surface area contributed by atoms with Gasteiger partial charge in [-0.3, -0.25) is 0 Å². The van der Waals surface area contributed by atoms with E-state index in [9.17, 15) is 9.18 Å². The number of hydrogen-bond donors (Lipinski definition) is 0. The molecule has 0 radical (unpaired) electrons. The molecule has 0 aliphatic rings. The Bertz CT molecular complexity index is 508. The minimum absolute atomic E-state index is 0.128. The van der Waals surface area contributed by atoms with Crippen LogP contribution in [-0.2, 0) is 4.74 Å². The van der Waals surface area contributed by atoms with Crippen molar-refractivity contribution in [2.75, 3.05) is 7.11 Å². The molecule has 5 heteroatoms. The Kier molecular flexibility index (Phi) is 2.68. The lowest BCUT2D eigenvalue weighted by atomic mass is 10.1. The van der Waals surface area contributed by atoms with Crippen molar-refractivity contribution >= 4 is 5.97 Å². The first-order valence-electron chi connectivity index (χ1n) is 4.49. The minimum atomic E-state index is -0.723. The van der Waals surface area contributed by atoms with E-state index in [4.69, 9.17) is 4.42 Å². The molecule has 0 atom stereocenters. The summed E-state index contributed by atoms with van der Waals surface area (Å²) >= 11 is 0. The summed E-state index contributed by atoms with van der Waals surface area (Å²) in [6, 6.07) is 4.40. The Morgan fingerprint density at radius 3 is 2.94 bits per heavy atom. The molecule has 0 spiro atoms. The standard InChI is InChI=1S/C11H8FNO3/c1-15-11(14)8-4-2-3-7(10(8)12)9-5-13-6-16-9/h2-6H,1H3. The number of ether oxygens (including phenoxy) is 1. The molecule has 0 fully saturated rings. The van der Waals surface area contributed by atoms with Crippen LogP contribution in [0.2, 0.25) is 0 Å². The van der Waals surface area contributed by atoms with E-state index in [0.717, 1.165) is 0 Å². The average Bonchev–Trinajstić information content (AvgIpc) is 2.82. The van der Waals surface area contributed by atoms with E-state index in [1.807, 2.05) is 0 Å². The zero-order valence-corrected chi connectivity index (χ0v) is 8.44. The summed E-state index contributed by atoms with van der Waals surface area (Å²) in [5, 5.41) is 0. The van der Waals surface area contributed by atoms with Crippen molar-refractivity contribution in [1.82, 2.24) is 4.98 Å². The monoisotopic (exact) mass is 221 g/mol. The summed E-state index contributed by atoms with van der Waals surface area (Å²) in [6.07, 6.45) is 2.57. The summed E-state index contributed by atoms with van der Waals surface area (Å²) < 4.78 is 23.3. The lowest BCUT2D eigenvalue weighted by Crippen LogP contribution is -2.05. The van der Waals surface area contributed by atoms with Crippen molar-refractivity contribution in [3.63, 3.8) is 0 Å². The Labute approximate surface area is 90.7 Å². The van der Waals surface area contributed by atoms with Gasteiger partial charge in [0.1, 0.15) is 5.82 Å². The highest BCUT2D eigenvalue weighted by Gasteiger charge is 2.17. The van der Waals surface area contributed by atoms with E-state index in [2.05, 4.69) is 9.72 Å². The third-order valence-corrected chi connectivity index (χ3v) is 2.10. The van der Waals surface area contributed by atoms with Crippen molar-refractivity contribution in [3.05, 3.63) is 42.2 Å². The van der Waals surface area contributed by atoms with Crippen LogP contribution in [-0.4, -0.2) is 18.1 Å². The van der Waals surface area contributed by atoms with Crippen LogP contribution in [0.3, 0.4) is 0 Å². The third-order valence-electron chi connectivity index (χ3n) is 2.10. The number of rotatable bonds is 2. The van der Waals surface area contributed by atoms with Crippen LogP contribution in [0, 0.1) is 5.82 Å². The lowest BCUT2D eigenvalue weighted by Gasteiger charge is -2.04. The molecule has 2 aromatic rings. The summed E-state index contributed by atoms with van der Waals surface area (Å²) in [5.74, 6) is -1.13. The van der Waals surface area contributed by atoms with E-state index < -0.39 is 11.8 Å². The van der Waals surface area contributed by atoms with Crippen molar-refractivity contribution in [2.45, 2.75) is 0 Å². The molecule has 0 aliphatic heterocycles. The smallest absolute Gasteiger partial charge is 0.340 e. The predicted molar refractivity (Wildman–Crippen MR) is 53.2 cm³/mol. The Balaban J connectivity index is 2.53. The molecule has 0 unspecified atom stereocenters. The van der Waals surface area contributed by atoms with Crippen molar-refractivity contribution < 1.29 is 18.3 Å². The Morgan fingerprint density at radius 2 is 2.31 bits per heavy atom. The molecular weight excluding hydrogens is 213 g/mol. The van der Waals surface area contributed by atoms with E-state index in [-0.39, 0.29) is 16.9 Å². The summed E-state index contributed by atoms with van der Waals surface area (Å²) in [7, 11) is 1.20.